The van der Waals surface area contributed by atoms with E-state index >= 15 is 0 Å². The van der Waals surface area contributed by atoms with Gasteiger partial charge in [-0.05, 0) is 56.4 Å². The van der Waals surface area contributed by atoms with Crippen LogP contribution in [-0.4, -0.2) is 28.2 Å². The van der Waals surface area contributed by atoms with Crippen LogP contribution in [0, 0.1) is 5.92 Å². The number of rotatable bonds is 3. The number of thiocarbonyl (C=S) groups is 1. The van der Waals surface area contributed by atoms with Gasteiger partial charge in [0.1, 0.15) is 11.7 Å². The molecule has 0 aliphatic carbocycles. The van der Waals surface area contributed by atoms with Crippen LogP contribution in [0.25, 0.3) is 0 Å². The normalized spacial score (nSPS) is 25.9. The van der Waals surface area contributed by atoms with E-state index < -0.39 is 11.6 Å². The highest BCUT2D eigenvalue weighted by Gasteiger charge is 2.58. The Morgan fingerprint density at radius 2 is 2.00 bits per heavy atom. The van der Waals surface area contributed by atoms with Crippen LogP contribution in [0.4, 0.5) is 5.69 Å². The van der Waals surface area contributed by atoms with E-state index in [0.717, 1.165) is 11.3 Å². The summed E-state index contributed by atoms with van der Waals surface area (Å²) in [6.45, 7) is 4.55. The van der Waals surface area contributed by atoms with Gasteiger partial charge < -0.3 is 20.3 Å². The monoisotopic (exact) mass is 401 g/mol. The number of carbonyl (C=O) groups excluding carboxylic acids is 1. The summed E-state index contributed by atoms with van der Waals surface area (Å²) in [5.74, 6) is 0.150. The van der Waals surface area contributed by atoms with Gasteiger partial charge in [-0.15, -0.1) is 0 Å². The summed E-state index contributed by atoms with van der Waals surface area (Å²) in [5.41, 5.74) is 0.743. The van der Waals surface area contributed by atoms with E-state index in [9.17, 15) is 4.79 Å². The fraction of sp³-hybridized carbons (Fsp3) is 0.300. The van der Waals surface area contributed by atoms with Gasteiger partial charge >= 0.3 is 0 Å². The lowest BCUT2D eigenvalue weighted by atomic mass is 9.79. The minimum absolute atomic E-state index is 0.132. The summed E-state index contributed by atoms with van der Waals surface area (Å²) in [6.07, 6.45) is 0. The smallest absolute Gasteiger partial charge is 0.236 e. The van der Waals surface area contributed by atoms with Crippen LogP contribution in [0.1, 0.15) is 25.5 Å². The largest absolute Gasteiger partial charge is 0.467 e. The molecule has 7 heteroatoms. The van der Waals surface area contributed by atoms with Gasteiger partial charge in [-0.25, -0.2) is 0 Å². The number of halogens is 1. The molecule has 2 aliphatic heterocycles. The van der Waals surface area contributed by atoms with Crippen molar-refractivity contribution in [2.45, 2.75) is 25.6 Å². The molecule has 27 heavy (non-hydrogen) atoms. The van der Waals surface area contributed by atoms with Crippen molar-refractivity contribution < 1.29 is 9.53 Å². The van der Waals surface area contributed by atoms with Crippen LogP contribution < -0.4 is 15.4 Å². The molecule has 3 atom stereocenters. The van der Waals surface area contributed by atoms with Crippen molar-refractivity contribution in [1.82, 2.24) is 10.2 Å². The number of amides is 1. The molecule has 2 bridgehead atoms. The van der Waals surface area contributed by atoms with Gasteiger partial charge in [0.2, 0.25) is 5.91 Å². The summed E-state index contributed by atoms with van der Waals surface area (Å²) >= 11 is 11.5. The maximum absolute atomic E-state index is 13.3. The quantitative estimate of drug-likeness (QED) is 0.762. The third-order valence-corrected chi connectivity index (χ3v) is 5.84. The van der Waals surface area contributed by atoms with Gasteiger partial charge in [-0.2, -0.15) is 0 Å². The first-order chi connectivity index (χ1) is 12.9. The van der Waals surface area contributed by atoms with E-state index in [1.807, 2.05) is 43.0 Å². The molecule has 0 unspecified atom stereocenters. The molecule has 0 aromatic heterocycles. The molecule has 0 radical (unpaired) electrons. The molecule has 1 amide bonds. The Morgan fingerprint density at radius 3 is 2.70 bits per heavy atom. The van der Waals surface area contributed by atoms with Crippen LogP contribution in [0.15, 0.2) is 48.5 Å². The zero-order chi connectivity index (χ0) is 19.2. The molecule has 2 aromatic carbocycles. The minimum Gasteiger partial charge on any atom is -0.467 e. The van der Waals surface area contributed by atoms with Gasteiger partial charge in [0.05, 0.1) is 6.04 Å². The van der Waals surface area contributed by atoms with Gasteiger partial charge in [0, 0.05) is 22.8 Å². The van der Waals surface area contributed by atoms with Crippen LogP contribution >= 0.6 is 23.8 Å². The fourth-order valence-electron chi connectivity index (χ4n) is 4.01. The average Bonchev–Trinajstić information content (AvgIpc) is 2.63. The second-order valence-corrected chi connectivity index (χ2v) is 7.66. The van der Waals surface area contributed by atoms with Gasteiger partial charge in [0.25, 0.3) is 0 Å². The summed E-state index contributed by atoms with van der Waals surface area (Å²) < 4.78 is 6.37. The minimum atomic E-state index is -0.882. The number of hydrogen-bond donors (Lipinski definition) is 2. The molecule has 2 N–H and O–H groups in total. The van der Waals surface area contributed by atoms with Crippen LogP contribution in [0.2, 0.25) is 5.02 Å². The second kappa shape index (κ2) is 6.69. The Kier molecular flexibility index (Phi) is 4.48. The van der Waals surface area contributed by atoms with Gasteiger partial charge in [-0.3, -0.25) is 4.79 Å². The molecule has 140 valence electrons. The highest BCUT2D eigenvalue weighted by Crippen LogP contribution is 2.48. The predicted molar refractivity (Wildman–Crippen MR) is 110 cm³/mol. The average molecular weight is 402 g/mol. The molecule has 2 aliphatic rings. The van der Waals surface area contributed by atoms with E-state index in [4.69, 9.17) is 28.6 Å². The Morgan fingerprint density at radius 1 is 1.30 bits per heavy atom. The van der Waals surface area contributed by atoms with Crippen LogP contribution in [0.5, 0.6) is 5.75 Å². The standard InChI is InChI=1S/C20H20ClN3O2S/c1-3-24-19(27)23-17-14-6-4-5-7-15(14)26-20(24,2)16(17)18(25)22-13-10-8-12(21)9-11-13/h4-11,16-17H,3H2,1-2H3,(H,22,25)(H,23,27)/t16-,17-,20-/m0/s1. The highest BCUT2D eigenvalue weighted by molar-refractivity contribution is 7.80. The van der Waals surface area contributed by atoms with E-state index in [0.29, 0.717) is 22.4 Å². The Hall–Kier alpha value is -2.31. The maximum Gasteiger partial charge on any atom is 0.236 e. The zero-order valence-electron chi connectivity index (χ0n) is 15.0. The molecule has 1 saturated heterocycles. The van der Waals surface area contributed by atoms with Crippen molar-refractivity contribution in [2.24, 2.45) is 5.92 Å². The van der Waals surface area contributed by atoms with Crippen molar-refractivity contribution >= 4 is 40.5 Å². The SMILES string of the molecule is CCN1C(=S)N[C@H]2c3ccccc3O[C@@]1(C)[C@@H]2C(=O)Nc1ccc(Cl)cc1. The number of fused-ring (bicyclic) bond motifs is 4. The van der Waals surface area contributed by atoms with Gasteiger partial charge in [0.15, 0.2) is 10.8 Å². The zero-order valence-corrected chi connectivity index (χ0v) is 16.6. The third-order valence-electron chi connectivity index (χ3n) is 5.25. The fourth-order valence-corrected chi connectivity index (χ4v) is 4.57. The van der Waals surface area contributed by atoms with Crippen molar-refractivity contribution in [1.29, 1.82) is 0 Å². The molecule has 4 rings (SSSR count). The second-order valence-electron chi connectivity index (χ2n) is 6.84. The lowest BCUT2D eigenvalue weighted by molar-refractivity contribution is -0.148. The number of para-hydroxylation sites is 1. The molecule has 0 spiro atoms. The molecule has 5 nitrogen and oxygen atoms in total. The van der Waals surface area contributed by atoms with Crippen molar-refractivity contribution in [3.63, 3.8) is 0 Å². The number of anilines is 1. The summed E-state index contributed by atoms with van der Waals surface area (Å²) in [4.78, 5) is 15.2. The highest BCUT2D eigenvalue weighted by atomic mass is 35.5. The van der Waals surface area contributed by atoms with Crippen molar-refractivity contribution in [3.05, 3.63) is 59.1 Å². The molecule has 2 aromatic rings. The Labute approximate surface area is 168 Å². The Bertz CT molecular complexity index is 904. The molecular formula is C20H20ClN3O2S. The number of carbonyl (C=O) groups is 1. The third kappa shape index (κ3) is 2.93. The number of ether oxygens (including phenoxy) is 1. The molecule has 0 saturated carbocycles. The molecular weight excluding hydrogens is 382 g/mol. The summed E-state index contributed by atoms with van der Waals surface area (Å²) in [5, 5.41) is 7.56. The van der Waals surface area contributed by atoms with Crippen molar-refractivity contribution in [3.8, 4) is 5.75 Å². The van der Waals surface area contributed by atoms with Gasteiger partial charge in [-0.1, -0.05) is 29.8 Å². The van der Waals surface area contributed by atoms with E-state index in [1.54, 1.807) is 24.3 Å². The predicted octanol–water partition coefficient (Wildman–Crippen LogP) is 3.95. The summed E-state index contributed by atoms with van der Waals surface area (Å²) in [6, 6.07) is 14.6. The number of nitrogens with zero attached hydrogens (tertiary/aromatic N) is 1. The van der Waals surface area contributed by atoms with Crippen LogP contribution in [0.3, 0.4) is 0 Å². The van der Waals surface area contributed by atoms with E-state index in [2.05, 4.69) is 10.6 Å². The van der Waals surface area contributed by atoms with E-state index in [-0.39, 0.29) is 11.9 Å². The molecule has 1 fully saturated rings. The number of nitrogens with one attached hydrogen (secondary N) is 2. The summed E-state index contributed by atoms with van der Waals surface area (Å²) in [7, 11) is 0. The lowest BCUT2D eigenvalue weighted by Gasteiger charge is -2.55. The first kappa shape index (κ1) is 18.1. The van der Waals surface area contributed by atoms with Crippen molar-refractivity contribution in [2.75, 3.05) is 11.9 Å². The first-order valence-corrected chi connectivity index (χ1v) is 9.65. The van der Waals surface area contributed by atoms with E-state index in [1.165, 1.54) is 0 Å². The number of hydrogen-bond acceptors (Lipinski definition) is 3. The first-order valence-electron chi connectivity index (χ1n) is 8.86. The maximum atomic E-state index is 13.3. The molecule has 2 heterocycles. The number of benzene rings is 2. The van der Waals surface area contributed by atoms with Crippen LogP contribution in [-0.2, 0) is 4.79 Å². The Balaban J connectivity index is 1.75. The lowest BCUT2D eigenvalue weighted by Crippen LogP contribution is -2.71. The topological polar surface area (TPSA) is 53.6 Å².